The summed E-state index contributed by atoms with van der Waals surface area (Å²) in [5.41, 5.74) is 5.83. The molecule has 1 aromatic rings. The van der Waals surface area contributed by atoms with Gasteiger partial charge in [-0.1, -0.05) is 55.4 Å². The Hall–Kier alpha value is -3.45. The number of piperazine rings is 1. The van der Waals surface area contributed by atoms with Gasteiger partial charge >= 0.3 is 0 Å². The van der Waals surface area contributed by atoms with Crippen LogP contribution in [0.25, 0.3) is 0 Å². The summed E-state index contributed by atoms with van der Waals surface area (Å²) < 4.78 is 13.2. The predicted molar refractivity (Wildman–Crippen MR) is 160 cm³/mol. The third-order valence-corrected chi connectivity index (χ3v) is 7.71. The maximum Gasteiger partial charge on any atom is 0.247 e. The summed E-state index contributed by atoms with van der Waals surface area (Å²) in [6.07, 6.45) is 15.2. The topological polar surface area (TPSA) is 72.9 Å². The summed E-state index contributed by atoms with van der Waals surface area (Å²) in [6, 6.07) is 5.27. The van der Waals surface area contributed by atoms with Gasteiger partial charge in [-0.3, -0.25) is 9.59 Å². The molecule has 0 saturated carbocycles. The fourth-order valence-electron chi connectivity index (χ4n) is 5.34. The normalized spacial score (nSPS) is 19.5. The van der Waals surface area contributed by atoms with Crippen LogP contribution in [0.3, 0.4) is 0 Å². The number of nitrogens with one attached hydrogen (secondary N) is 1. The van der Waals surface area contributed by atoms with Crippen LogP contribution < -0.4 is 10.2 Å². The number of anilines is 1. The van der Waals surface area contributed by atoms with E-state index >= 15 is 0 Å². The van der Waals surface area contributed by atoms with Gasteiger partial charge < -0.3 is 20.2 Å². The smallest absolute Gasteiger partial charge is 0.247 e. The van der Waals surface area contributed by atoms with Gasteiger partial charge in [0, 0.05) is 37.9 Å². The fraction of sp³-hybridized carbons (Fsp3) is 0.455. The Morgan fingerprint density at radius 1 is 1.07 bits per heavy atom. The second-order valence-corrected chi connectivity index (χ2v) is 11.5. The van der Waals surface area contributed by atoms with E-state index < -0.39 is 18.6 Å². The first-order valence-corrected chi connectivity index (χ1v) is 14.1. The number of hydrogen-bond acceptors (Lipinski definition) is 4. The first-order chi connectivity index (χ1) is 19.0. The fourth-order valence-corrected chi connectivity index (χ4v) is 5.34. The highest BCUT2D eigenvalue weighted by molar-refractivity contribution is 5.93. The highest BCUT2D eigenvalue weighted by atomic mass is 19.1. The Bertz CT molecular complexity index is 1200. The molecule has 2 amide bonds. The highest BCUT2D eigenvalue weighted by Crippen LogP contribution is 2.40. The first kappa shape index (κ1) is 31.1. The number of rotatable bonds is 9. The molecule has 2 aliphatic rings. The molecule has 1 heterocycles. The molecule has 216 valence electrons. The Kier molecular flexibility index (Phi) is 11.1. The summed E-state index contributed by atoms with van der Waals surface area (Å²) in [4.78, 5) is 29.2. The molecule has 0 radical (unpaired) electrons. The lowest BCUT2D eigenvalue weighted by Crippen LogP contribution is -2.56. The van der Waals surface area contributed by atoms with Crippen LogP contribution in [0.2, 0.25) is 0 Å². The van der Waals surface area contributed by atoms with E-state index in [-0.39, 0.29) is 17.1 Å². The number of halogens is 1. The molecule has 0 aromatic heterocycles. The molecule has 1 atom stereocenters. The van der Waals surface area contributed by atoms with Gasteiger partial charge in [0.15, 0.2) is 0 Å². The van der Waals surface area contributed by atoms with Gasteiger partial charge in [0.2, 0.25) is 11.8 Å². The van der Waals surface area contributed by atoms with E-state index in [2.05, 4.69) is 50.1 Å². The molecule has 0 bridgehead atoms. The zero-order valence-corrected chi connectivity index (χ0v) is 24.5. The monoisotopic (exact) mass is 549 g/mol. The van der Waals surface area contributed by atoms with E-state index in [0.717, 1.165) is 23.3 Å². The molecule has 40 heavy (non-hydrogen) atoms. The Morgan fingerprint density at radius 2 is 1.75 bits per heavy atom. The number of nitrogens with zero attached hydrogens (tertiary/aromatic N) is 2. The number of aliphatic hydroxyl groups is 1. The van der Waals surface area contributed by atoms with Crippen molar-refractivity contribution in [3.63, 3.8) is 0 Å². The maximum absolute atomic E-state index is 13.2. The van der Waals surface area contributed by atoms with Crippen LogP contribution in [0, 0.1) is 11.2 Å². The lowest BCUT2D eigenvalue weighted by atomic mass is 9.72. The van der Waals surface area contributed by atoms with Crippen LogP contribution in [-0.2, 0) is 9.59 Å². The third-order valence-electron chi connectivity index (χ3n) is 7.71. The molecular weight excluding hydrogens is 505 g/mol. The van der Waals surface area contributed by atoms with Crippen molar-refractivity contribution < 1.29 is 19.1 Å². The summed E-state index contributed by atoms with van der Waals surface area (Å²) in [5, 5.41) is 12.4. The van der Waals surface area contributed by atoms with Crippen LogP contribution in [0.1, 0.15) is 53.9 Å². The highest BCUT2D eigenvalue weighted by Gasteiger charge is 2.28. The molecule has 0 spiro atoms. The average molecular weight is 550 g/mol. The van der Waals surface area contributed by atoms with Gasteiger partial charge in [0.25, 0.3) is 0 Å². The summed E-state index contributed by atoms with van der Waals surface area (Å²) in [7, 11) is 0. The van der Waals surface area contributed by atoms with Crippen LogP contribution >= 0.6 is 0 Å². The molecule has 6 nitrogen and oxygen atoms in total. The first-order valence-electron chi connectivity index (χ1n) is 14.1. The minimum Gasteiger partial charge on any atom is -0.394 e. The van der Waals surface area contributed by atoms with Crippen molar-refractivity contribution in [3.8, 4) is 0 Å². The van der Waals surface area contributed by atoms with Crippen LogP contribution in [-0.4, -0.2) is 60.6 Å². The number of aliphatic hydroxyl groups excluding tert-OH is 1. The number of hydrogen-bond donors (Lipinski definition) is 2. The third kappa shape index (κ3) is 8.78. The second kappa shape index (κ2) is 14.3. The molecular formula is C33H44FN3O3. The molecule has 1 aliphatic carbocycles. The number of benzene rings is 1. The van der Waals surface area contributed by atoms with Crippen molar-refractivity contribution in [1.29, 1.82) is 0 Å². The van der Waals surface area contributed by atoms with Gasteiger partial charge in [0.1, 0.15) is 11.9 Å². The molecule has 3 rings (SSSR count). The van der Waals surface area contributed by atoms with Crippen molar-refractivity contribution in [2.24, 2.45) is 5.41 Å². The van der Waals surface area contributed by atoms with Crippen LogP contribution in [0.5, 0.6) is 0 Å². The van der Waals surface area contributed by atoms with Gasteiger partial charge in [-0.05, 0) is 80.9 Å². The van der Waals surface area contributed by atoms with Crippen molar-refractivity contribution in [2.75, 3.05) is 37.7 Å². The standard InChI is InChI=1S/C33H44FN3O3/c1-24(11-16-29-26(3)10-7-17-33(29,4)5)8-6-9-25(2)22-31(39)35-30(23-38)32(40)37-20-18-36(19-21-37)28-14-12-27(34)13-15-28/h6,8-9,11-16,22,30,38H,7,10,17-21,23H2,1-5H3,(H,35,39)/t30-/m0/s1. The van der Waals surface area contributed by atoms with Gasteiger partial charge in [-0.2, -0.15) is 0 Å². The molecule has 1 aromatic carbocycles. The second-order valence-electron chi connectivity index (χ2n) is 11.5. The predicted octanol–water partition coefficient (Wildman–Crippen LogP) is 5.48. The molecule has 0 unspecified atom stereocenters. The van der Waals surface area contributed by atoms with Crippen molar-refractivity contribution in [2.45, 2.75) is 59.9 Å². The lowest BCUT2D eigenvalue weighted by molar-refractivity contribution is -0.137. The summed E-state index contributed by atoms with van der Waals surface area (Å²) in [6.45, 7) is 12.3. The SMILES string of the molecule is CC(C=CC1=C(C)CCCC1(C)C)=CC=CC(C)=CC(=O)N[C@@H](CO)C(=O)N1CCN(c2ccc(F)cc2)CC1. The van der Waals surface area contributed by atoms with Crippen molar-refractivity contribution in [3.05, 3.63) is 88.8 Å². The van der Waals surface area contributed by atoms with E-state index in [0.29, 0.717) is 26.2 Å². The maximum atomic E-state index is 13.2. The van der Waals surface area contributed by atoms with Crippen molar-refractivity contribution >= 4 is 17.5 Å². The molecule has 1 aliphatic heterocycles. The van der Waals surface area contributed by atoms with E-state index in [9.17, 15) is 19.1 Å². The average Bonchev–Trinajstić information content (AvgIpc) is 2.91. The summed E-state index contributed by atoms with van der Waals surface area (Å²) >= 11 is 0. The van der Waals surface area contributed by atoms with E-state index in [1.807, 2.05) is 25.2 Å². The van der Waals surface area contributed by atoms with Crippen molar-refractivity contribution in [1.82, 2.24) is 10.2 Å². The molecule has 2 N–H and O–H groups in total. The Morgan fingerprint density at radius 3 is 2.38 bits per heavy atom. The number of allylic oxidation sites excluding steroid dienone is 9. The zero-order chi connectivity index (χ0) is 29.3. The summed E-state index contributed by atoms with van der Waals surface area (Å²) in [5.74, 6) is -1.03. The number of carbonyl (C=O) groups excluding carboxylic acids is 2. The van der Waals surface area contributed by atoms with E-state index in [4.69, 9.17) is 0 Å². The zero-order valence-electron chi connectivity index (χ0n) is 24.5. The molecule has 1 fully saturated rings. The van der Waals surface area contributed by atoms with Gasteiger partial charge in [0.05, 0.1) is 6.61 Å². The minimum atomic E-state index is -1.01. The molecule has 7 heteroatoms. The largest absolute Gasteiger partial charge is 0.394 e. The van der Waals surface area contributed by atoms with E-state index in [1.165, 1.54) is 42.2 Å². The van der Waals surface area contributed by atoms with Gasteiger partial charge in [-0.25, -0.2) is 4.39 Å². The lowest BCUT2D eigenvalue weighted by Gasteiger charge is -2.37. The van der Waals surface area contributed by atoms with E-state index in [1.54, 1.807) is 17.0 Å². The molecule has 1 saturated heterocycles. The Balaban J connectivity index is 1.51. The minimum absolute atomic E-state index is 0.202. The van der Waals surface area contributed by atoms with Crippen LogP contribution in [0.15, 0.2) is 83.0 Å². The van der Waals surface area contributed by atoms with Crippen LogP contribution in [0.4, 0.5) is 10.1 Å². The Labute approximate surface area is 238 Å². The number of carbonyl (C=O) groups is 2. The quantitative estimate of drug-likeness (QED) is 0.316. The number of amides is 2. The van der Waals surface area contributed by atoms with Gasteiger partial charge in [-0.15, -0.1) is 0 Å².